The maximum Gasteiger partial charge on any atom is 0.339 e. The van der Waals surface area contributed by atoms with Gasteiger partial charge in [0.15, 0.2) is 0 Å². The second kappa shape index (κ2) is 9.11. The zero-order valence-electron chi connectivity index (χ0n) is 18.9. The van der Waals surface area contributed by atoms with Crippen LogP contribution in [0.5, 0.6) is 5.75 Å². The van der Waals surface area contributed by atoms with Crippen LogP contribution in [0.3, 0.4) is 0 Å². The molecule has 1 aliphatic rings. The highest BCUT2D eigenvalue weighted by Crippen LogP contribution is 2.30. The minimum Gasteiger partial charge on any atom is -0.425 e. The van der Waals surface area contributed by atoms with Gasteiger partial charge in [0.25, 0.3) is 0 Å². The number of nitrogens with one attached hydrogen (secondary N) is 1. The summed E-state index contributed by atoms with van der Waals surface area (Å²) in [5, 5.41) is 0.834. The normalized spacial score (nSPS) is 15.2. The van der Waals surface area contributed by atoms with E-state index in [-0.39, 0.29) is 22.2 Å². The van der Waals surface area contributed by atoms with Crippen molar-refractivity contribution >= 4 is 27.0 Å². The summed E-state index contributed by atoms with van der Waals surface area (Å²) in [5.41, 5.74) is 2.63. The fourth-order valence-electron chi connectivity index (χ4n) is 4.09. The quantitative estimate of drug-likeness (QED) is 0.320. The van der Waals surface area contributed by atoms with Crippen LogP contribution in [0.4, 0.5) is 0 Å². The molecule has 174 valence electrons. The molecule has 0 aliphatic heterocycles. The van der Waals surface area contributed by atoms with Gasteiger partial charge < -0.3 is 9.15 Å². The molecule has 33 heavy (non-hydrogen) atoms. The smallest absolute Gasteiger partial charge is 0.339 e. The summed E-state index contributed by atoms with van der Waals surface area (Å²) in [6.45, 7) is 5.52. The molecule has 1 aromatic heterocycles. The highest BCUT2D eigenvalue weighted by atomic mass is 32.2. The number of sulfonamides is 1. The molecule has 2 aromatic carbocycles. The third kappa shape index (κ3) is 4.72. The monoisotopic (exact) mass is 469 g/mol. The third-order valence-corrected chi connectivity index (χ3v) is 7.70. The molecule has 1 aliphatic carbocycles. The molecular formula is C25H27NO6S. The maximum atomic E-state index is 13.0. The Labute approximate surface area is 192 Å². The van der Waals surface area contributed by atoms with Gasteiger partial charge >= 0.3 is 11.6 Å². The number of ether oxygens (including phenoxy) is 1. The molecule has 0 fully saturated rings. The third-order valence-electron chi connectivity index (χ3n) is 6.24. The molecule has 0 saturated heterocycles. The number of esters is 1. The molecule has 0 bridgehead atoms. The molecule has 1 N–H and O–H groups in total. The van der Waals surface area contributed by atoms with E-state index in [0.717, 1.165) is 34.9 Å². The number of carbonyl (C=O) groups excluding carboxylic acids is 1. The molecule has 0 radical (unpaired) electrons. The van der Waals surface area contributed by atoms with Crippen molar-refractivity contribution < 1.29 is 22.4 Å². The zero-order chi connectivity index (χ0) is 23.8. The number of carbonyl (C=O) groups is 1. The lowest BCUT2D eigenvalue weighted by Crippen LogP contribution is -2.46. The van der Waals surface area contributed by atoms with Crippen molar-refractivity contribution in [1.82, 2.24) is 4.72 Å². The first-order valence-corrected chi connectivity index (χ1v) is 12.6. The molecular weight excluding hydrogens is 442 g/mol. The Hall–Kier alpha value is -2.97. The van der Waals surface area contributed by atoms with Crippen molar-refractivity contribution in [2.24, 2.45) is 5.92 Å². The van der Waals surface area contributed by atoms with Crippen molar-refractivity contribution in [2.75, 3.05) is 0 Å². The largest absolute Gasteiger partial charge is 0.425 e. The van der Waals surface area contributed by atoms with E-state index >= 15 is 0 Å². The molecule has 7 nitrogen and oxygen atoms in total. The van der Waals surface area contributed by atoms with Crippen LogP contribution in [0.2, 0.25) is 0 Å². The Morgan fingerprint density at radius 3 is 2.52 bits per heavy atom. The van der Waals surface area contributed by atoms with Crippen LogP contribution in [-0.2, 0) is 27.7 Å². The molecule has 4 rings (SSSR count). The van der Waals surface area contributed by atoms with Gasteiger partial charge in [0.05, 0.1) is 4.90 Å². The van der Waals surface area contributed by atoms with Crippen molar-refractivity contribution in [2.45, 2.75) is 57.4 Å². The molecule has 0 amide bonds. The van der Waals surface area contributed by atoms with E-state index in [4.69, 9.17) is 9.15 Å². The van der Waals surface area contributed by atoms with Gasteiger partial charge in [-0.25, -0.2) is 18.0 Å². The van der Waals surface area contributed by atoms with Gasteiger partial charge in [0.1, 0.15) is 17.4 Å². The minimum absolute atomic E-state index is 0.0792. The molecule has 0 saturated carbocycles. The average Bonchev–Trinajstić information content (AvgIpc) is 3.28. The highest BCUT2D eigenvalue weighted by Gasteiger charge is 2.31. The van der Waals surface area contributed by atoms with Gasteiger partial charge in [0, 0.05) is 17.0 Å². The van der Waals surface area contributed by atoms with Crippen molar-refractivity contribution in [3.8, 4) is 5.75 Å². The number of rotatable bonds is 7. The molecule has 3 aromatic rings. The lowest BCUT2D eigenvalue weighted by Gasteiger charge is -2.22. The van der Waals surface area contributed by atoms with E-state index < -0.39 is 22.0 Å². The van der Waals surface area contributed by atoms with E-state index in [9.17, 15) is 18.0 Å². The first kappa shape index (κ1) is 23.2. The van der Waals surface area contributed by atoms with Gasteiger partial charge in [-0.3, -0.25) is 0 Å². The average molecular weight is 470 g/mol. The maximum absolute atomic E-state index is 13.0. The lowest BCUT2D eigenvalue weighted by molar-refractivity contribution is -0.137. The predicted molar refractivity (Wildman–Crippen MR) is 125 cm³/mol. The Morgan fingerprint density at radius 2 is 1.82 bits per heavy atom. The summed E-state index contributed by atoms with van der Waals surface area (Å²) in [6, 6.07) is 10.2. The molecule has 1 heterocycles. The lowest BCUT2D eigenvalue weighted by atomic mass is 10.0. The van der Waals surface area contributed by atoms with E-state index in [2.05, 4.69) is 4.72 Å². The Kier molecular flexibility index (Phi) is 6.41. The second-order valence-corrected chi connectivity index (χ2v) is 10.3. The number of hydrogen-bond acceptors (Lipinski definition) is 6. The Morgan fingerprint density at radius 1 is 1.12 bits per heavy atom. The summed E-state index contributed by atoms with van der Waals surface area (Å²) in [4.78, 5) is 25.4. The number of hydrogen-bond donors (Lipinski definition) is 1. The fraction of sp³-hybridized carbons (Fsp3) is 0.360. The standard InChI is InChI=1S/C25H27NO6S/c1-4-16(3)23(26-33(29,30)18-11-8-15(2)9-12-18)25(28)31-17-10-13-20-19-6-5-7-21(19)24(27)32-22(20)14-17/h8-14,16,23,26H,4-7H2,1-3H3/t16-,23+/m1/s1. The summed E-state index contributed by atoms with van der Waals surface area (Å²) in [5.74, 6) is -0.835. The number of fused-ring (bicyclic) bond motifs is 3. The van der Waals surface area contributed by atoms with Crippen LogP contribution in [-0.4, -0.2) is 20.4 Å². The number of benzene rings is 2. The van der Waals surface area contributed by atoms with E-state index in [0.29, 0.717) is 18.4 Å². The van der Waals surface area contributed by atoms with E-state index in [1.165, 1.54) is 18.2 Å². The minimum atomic E-state index is -3.93. The topological polar surface area (TPSA) is 103 Å². The van der Waals surface area contributed by atoms with Crippen molar-refractivity contribution in [3.63, 3.8) is 0 Å². The first-order chi connectivity index (χ1) is 15.7. The van der Waals surface area contributed by atoms with Gasteiger partial charge in [0.2, 0.25) is 10.0 Å². The molecule has 0 spiro atoms. The SMILES string of the molecule is CC[C@@H](C)[C@H](NS(=O)(=O)c1ccc(C)cc1)C(=O)Oc1ccc2c3c(c(=O)oc2c1)CCC3. The van der Waals surface area contributed by atoms with Gasteiger partial charge in [-0.2, -0.15) is 4.72 Å². The summed E-state index contributed by atoms with van der Waals surface area (Å²) in [6.07, 6.45) is 3.00. The molecule has 2 atom stereocenters. The highest BCUT2D eigenvalue weighted by molar-refractivity contribution is 7.89. The summed E-state index contributed by atoms with van der Waals surface area (Å²) < 4.78 is 39.3. The van der Waals surface area contributed by atoms with Gasteiger partial charge in [-0.15, -0.1) is 0 Å². The van der Waals surface area contributed by atoms with Crippen LogP contribution >= 0.6 is 0 Å². The van der Waals surface area contributed by atoms with E-state index in [1.807, 2.05) is 13.8 Å². The molecule has 8 heteroatoms. The van der Waals surface area contributed by atoms with Crippen LogP contribution in [0.15, 0.2) is 56.6 Å². The van der Waals surface area contributed by atoms with Crippen LogP contribution in [0.1, 0.15) is 43.4 Å². The zero-order valence-corrected chi connectivity index (χ0v) is 19.7. The Bertz CT molecular complexity index is 1360. The number of aryl methyl sites for hydroxylation is 2. The Balaban J connectivity index is 1.60. The summed E-state index contributed by atoms with van der Waals surface area (Å²) in [7, 11) is -3.93. The van der Waals surface area contributed by atoms with Crippen molar-refractivity contribution in [3.05, 3.63) is 69.6 Å². The van der Waals surface area contributed by atoms with Gasteiger partial charge in [-0.05, 0) is 61.9 Å². The van der Waals surface area contributed by atoms with Crippen molar-refractivity contribution in [1.29, 1.82) is 0 Å². The first-order valence-electron chi connectivity index (χ1n) is 11.1. The van der Waals surface area contributed by atoms with Crippen LogP contribution in [0, 0.1) is 12.8 Å². The van der Waals surface area contributed by atoms with Crippen LogP contribution < -0.4 is 15.1 Å². The second-order valence-electron chi connectivity index (χ2n) is 8.58. The van der Waals surface area contributed by atoms with E-state index in [1.54, 1.807) is 31.2 Å². The predicted octanol–water partition coefficient (Wildman–Crippen LogP) is 3.89. The summed E-state index contributed by atoms with van der Waals surface area (Å²) >= 11 is 0. The van der Waals surface area contributed by atoms with Crippen LogP contribution in [0.25, 0.3) is 11.0 Å². The molecule has 0 unspecified atom stereocenters. The van der Waals surface area contributed by atoms with Gasteiger partial charge in [-0.1, -0.05) is 38.0 Å². The fourth-order valence-corrected chi connectivity index (χ4v) is 5.39.